The van der Waals surface area contributed by atoms with Gasteiger partial charge in [-0.3, -0.25) is 9.59 Å². The Labute approximate surface area is 157 Å². The minimum atomic E-state index is -0.279. The number of benzene rings is 2. The molecule has 2 aromatic carbocycles. The second-order valence-electron chi connectivity index (χ2n) is 5.78. The van der Waals surface area contributed by atoms with Gasteiger partial charge in [0.15, 0.2) is 0 Å². The predicted molar refractivity (Wildman–Crippen MR) is 103 cm³/mol. The molecule has 0 saturated heterocycles. The topological polar surface area (TPSA) is 80.3 Å². The standard InChI is InChI=1S/C21H19N3O3/c1-27-18-9-7-15(8-10-18)14-23-20(25)17-11-12-22-19(13-17)24-21(26)16-5-3-2-4-6-16/h2-13H,14H2,1H3,(H,23,25)(H,22,24,26). The molecular formula is C21H19N3O3. The van der Waals surface area contributed by atoms with Crippen LogP contribution in [0.1, 0.15) is 26.3 Å². The van der Waals surface area contributed by atoms with Crippen LogP contribution in [-0.2, 0) is 6.54 Å². The first-order chi connectivity index (χ1) is 13.2. The lowest BCUT2D eigenvalue weighted by molar-refractivity contribution is 0.0949. The highest BCUT2D eigenvalue weighted by atomic mass is 16.5. The maximum atomic E-state index is 12.4. The van der Waals surface area contributed by atoms with E-state index in [2.05, 4.69) is 15.6 Å². The SMILES string of the molecule is COc1ccc(CNC(=O)c2ccnc(NC(=O)c3ccccc3)c2)cc1. The summed E-state index contributed by atoms with van der Waals surface area (Å²) in [5.74, 6) is 0.557. The minimum absolute atomic E-state index is 0.247. The Morgan fingerprint density at radius 3 is 2.37 bits per heavy atom. The highest BCUT2D eigenvalue weighted by molar-refractivity contribution is 6.04. The molecule has 0 saturated carbocycles. The van der Waals surface area contributed by atoms with Gasteiger partial charge in [-0.2, -0.15) is 0 Å². The van der Waals surface area contributed by atoms with Crippen molar-refractivity contribution in [1.82, 2.24) is 10.3 Å². The number of ether oxygens (including phenoxy) is 1. The zero-order valence-electron chi connectivity index (χ0n) is 14.8. The number of pyridine rings is 1. The van der Waals surface area contributed by atoms with Crippen molar-refractivity contribution in [3.8, 4) is 5.75 Å². The zero-order valence-corrected chi connectivity index (χ0v) is 14.8. The van der Waals surface area contributed by atoms with E-state index in [1.54, 1.807) is 43.5 Å². The first-order valence-corrected chi connectivity index (χ1v) is 8.39. The van der Waals surface area contributed by atoms with Gasteiger partial charge in [-0.1, -0.05) is 30.3 Å². The normalized spacial score (nSPS) is 10.1. The number of aromatic nitrogens is 1. The first kappa shape index (κ1) is 18.1. The smallest absolute Gasteiger partial charge is 0.256 e. The van der Waals surface area contributed by atoms with Crippen molar-refractivity contribution in [2.24, 2.45) is 0 Å². The number of hydrogen-bond donors (Lipinski definition) is 2. The van der Waals surface area contributed by atoms with Gasteiger partial charge in [-0.25, -0.2) is 4.98 Å². The number of rotatable bonds is 6. The Bertz CT molecular complexity index is 925. The number of anilines is 1. The molecule has 3 aromatic rings. The molecule has 1 aromatic heterocycles. The van der Waals surface area contributed by atoms with Crippen molar-refractivity contribution in [2.45, 2.75) is 6.54 Å². The number of methoxy groups -OCH3 is 1. The van der Waals surface area contributed by atoms with E-state index < -0.39 is 0 Å². The van der Waals surface area contributed by atoms with Gasteiger partial charge in [0.25, 0.3) is 11.8 Å². The van der Waals surface area contributed by atoms with E-state index in [4.69, 9.17) is 4.74 Å². The van der Waals surface area contributed by atoms with Crippen LogP contribution in [0.15, 0.2) is 72.9 Å². The monoisotopic (exact) mass is 361 g/mol. The molecule has 6 heteroatoms. The number of amides is 2. The molecule has 27 heavy (non-hydrogen) atoms. The van der Waals surface area contributed by atoms with Gasteiger partial charge in [-0.15, -0.1) is 0 Å². The molecule has 2 amide bonds. The van der Waals surface area contributed by atoms with Crippen LogP contribution in [0.5, 0.6) is 5.75 Å². The fourth-order valence-electron chi connectivity index (χ4n) is 2.45. The Hall–Kier alpha value is -3.67. The molecule has 1 heterocycles. The molecule has 136 valence electrons. The fourth-order valence-corrected chi connectivity index (χ4v) is 2.45. The average Bonchev–Trinajstić information content (AvgIpc) is 2.73. The third-order valence-electron chi connectivity index (χ3n) is 3.91. The fraction of sp³-hybridized carbons (Fsp3) is 0.0952. The molecular weight excluding hydrogens is 342 g/mol. The van der Waals surface area contributed by atoms with E-state index in [1.807, 2.05) is 30.3 Å². The maximum absolute atomic E-state index is 12.4. The summed E-state index contributed by atoms with van der Waals surface area (Å²) in [6.07, 6.45) is 1.49. The highest BCUT2D eigenvalue weighted by Crippen LogP contribution is 2.12. The van der Waals surface area contributed by atoms with Gasteiger partial charge in [0.2, 0.25) is 0 Å². The molecule has 0 unspecified atom stereocenters. The van der Waals surface area contributed by atoms with Crippen LogP contribution in [0, 0.1) is 0 Å². The Morgan fingerprint density at radius 2 is 1.67 bits per heavy atom. The summed E-state index contributed by atoms with van der Waals surface area (Å²) < 4.78 is 5.11. The van der Waals surface area contributed by atoms with E-state index in [1.165, 1.54) is 6.20 Å². The van der Waals surface area contributed by atoms with Gasteiger partial charge in [0.05, 0.1) is 7.11 Å². The van der Waals surface area contributed by atoms with Crippen molar-refractivity contribution in [2.75, 3.05) is 12.4 Å². The maximum Gasteiger partial charge on any atom is 0.256 e. The second kappa shape index (κ2) is 8.62. The summed E-state index contributed by atoms with van der Waals surface area (Å²) in [4.78, 5) is 28.7. The molecule has 0 aliphatic carbocycles. The van der Waals surface area contributed by atoms with E-state index >= 15 is 0 Å². The van der Waals surface area contributed by atoms with E-state index in [0.717, 1.165) is 11.3 Å². The van der Waals surface area contributed by atoms with E-state index in [9.17, 15) is 9.59 Å². The molecule has 0 aliphatic heterocycles. The lowest BCUT2D eigenvalue weighted by atomic mass is 10.2. The summed E-state index contributed by atoms with van der Waals surface area (Å²) in [5, 5.41) is 5.54. The van der Waals surface area contributed by atoms with Gasteiger partial charge >= 0.3 is 0 Å². The van der Waals surface area contributed by atoms with Crippen molar-refractivity contribution in [3.63, 3.8) is 0 Å². The average molecular weight is 361 g/mol. The van der Waals surface area contributed by atoms with E-state index in [-0.39, 0.29) is 11.8 Å². The molecule has 0 bridgehead atoms. The molecule has 0 spiro atoms. The van der Waals surface area contributed by atoms with Crippen LogP contribution in [0.3, 0.4) is 0 Å². The van der Waals surface area contributed by atoms with Crippen molar-refractivity contribution in [3.05, 3.63) is 89.6 Å². The highest BCUT2D eigenvalue weighted by Gasteiger charge is 2.10. The van der Waals surface area contributed by atoms with Crippen LogP contribution in [0.25, 0.3) is 0 Å². The Morgan fingerprint density at radius 1 is 0.926 bits per heavy atom. The lowest BCUT2D eigenvalue weighted by Crippen LogP contribution is -2.23. The minimum Gasteiger partial charge on any atom is -0.497 e. The van der Waals surface area contributed by atoms with Crippen molar-refractivity contribution >= 4 is 17.6 Å². The molecule has 0 aliphatic rings. The quantitative estimate of drug-likeness (QED) is 0.706. The number of nitrogens with one attached hydrogen (secondary N) is 2. The lowest BCUT2D eigenvalue weighted by Gasteiger charge is -2.08. The predicted octanol–water partition coefficient (Wildman–Crippen LogP) is 3.27. The number of nitrogens with zero attached hydrogens (tertiary/aromatic N) is 1. The Balaban J connectivity index is 1.62. The molecule has 2 N–H and O–H groups in total. The van der Waals surface area contributed by atoms with Crippen LogP contribution >= 0.6 is 0 Å². The summed E-state index contributed by atoms with van der Waals surface area (Å²) in [5.41, 5.74) is 1.89. The molecule has 3 rings (SSSR count). The summed E-state index contributed by atoms with van der Waals surface area (Å²) >= 11 is 0. The van der Waals surface area contributed by atoms with Gasteiger partial charge in [0, 0.05) is 23.9 Å². The summed E-state index contributed by atoms with van der Waals surface area (Å²) in [6, 6.07) is 19.4. The van der Waals surface area contributed by atoms with Crippen molar-refractivity contribution < 1.29 is 14.3 Å². The van der Waals surface area contributed by atoms with Gasteiger partial charge < -0.3 is 15.4 Å². The molecule has 0 atom stereocenters. The Kier molecular flexibility index (Phi) is 5.79. The summed E-state index contributed by atoms with van der Waals surface area (Å²) in [7, 11) is 1.61. The summed E-state index contributed by atoms with van der Waals surface area (Å²) in [6.45, 7) is 0.386. The van der Waals surface area contributed by atoms with Crippen molar-refractivity contribution in [1.29, 1.82) is 0 Å². The van der Waals surface area contributed by atoms with Crippen LogP contribution in [0.4, 0.5) is 5.82 Å². The second-order valence-corrected chi connectivity index (χ2v) is 5.78. The number of carbonyl (C=O) groups is 2. The van der Waals surface area contributed by atoms with Crippen LogP contribution in [0.2, 0.25) is 0 Å². The van der Waals surface area contributed by atoms with Crippen LogP contribution in [-0.4, -0.2) is 23.9 Å². The molecule has 0 radical (unpaired) electrons. The molecule has 0 fully saturated rings. The van der Waals surface area contributed by atoms with Gasteiger partial charge in [0.1, 0.15) is 11.6 Å². The third kappa shape index (κ3) is 4.92. The van der Waals surface area contributed by atoms with Gasteiger partial charge in [-0.05, 0) is 42.0 Å². The van der Waals surface area contributed by atoms with Crippen LogP contribution < -0.4 is 15.4 Å². The number of hydrogen-bond acceptors (Lipinski definition) is 4. The zero-order chi connectivity index (χ0) is 19.1. The molecule has 6 nitrogen and oxygen atoms in total. The number of carbonyl (C=O) groups excluding carboxylic acids is 2. The largest absolute Gasteiger partial charge is 0.497 e. The van der Waals surface area contributed by atoms with E-state index in [0.29, 0.717) is 23.5 Å². The first-order valence-electron chi connectivity index (χ1n) is 8.39. The third-order valence-corrected chi connectivity index (χ3v) is 3.91.